The van der Waals surface area contributed by atoms with Crippen molar-refractivity contribution in [1.82, 2.24) is 4.57 Å². The molecule has 1 aromatic carbocycles. The van der Waals surface area contributed by atoms with Crippen LogP contribution in [-0.4, -0.2) is 26.8 Å². The van der Waals surface area contributed by atoms with Crippen molar-refractivity contribution in [3.05, 3.63) is 72.9 Å². The number of thiophene rings is 1. The summed E-state index contributed by atoms with van der Waals surface area (Å²) in [7, 11) is 0. The summed E-state index contributed by atoms with van der Waals surface area (Å²) in [6, 6.07) is 3.95. The average molecular weight is 507 g/mol. The third kappa shape index (κ3) is 4.65. The highest BCUT2D eigenvalue weighted by atomic mass is 32.1. The first-order valence-electron chi connectivity index (χ1n) is 10.7. The van der Waals surface area contributed by atoms with Gasteiger partial charge in [0, 0.05) is 27.9 Å². The predicted octanol–water partition coefficient (Wildman–Crippen LogP) is 6.11. The van der Waals surface area contributed by atoms with E-state index in [1.807, 2.05) is 11.5 Å². The molecule has 3 aromatic rings. The average Bonchev–Trinajstić information content (AvgIpc) is 3.29. The molecule has 0 fully saturated rings. The number of benzene rings is 1. The van der Waals surface area contributed by atoms with E-state index >= 15 is 0 Å². The second-order valence-corrected chi connectivity index (χ2v) is 9.30. The fourth-order valence-electron chi connectivity index (χ4n) is 4.29. The fourth-order valence-corrected chi connectivity index (χ4v) is 5.78. The summed E-state index contributed by atoms with van der Waals surface area (Å²) in [6.45, 7) is 3.64. The van der Waals surface area contributed by atoms with Crippen LogP contribution in [0, 0.1) is 24.0 Å². The summed E-state index contributed by atoms with van der Waals surface area (Å²) in [5.74, 6) is -0.974. The Morgan fingerprint density at radius 2 is 1.97 bits per heavy atom. The zero-order chi connectivity index (χ0) is 25.5. The number of nitro groups is 1. The molecule has 0 spiro atoms. The molecule has 0 radical (unpaired) electrons. The van der Waals surface area contributed by atoms with Gasteiger partial charge >= 0.3 is 12.1 Å². The van der Waals surface area contributed by atoms with E-state index in [2.05, 4.69) is 10.5 Å². The Balaban J connectivity index is 1.66. The number of rotatable bonds is 6. The van der Waals surface area contributed by atoms with Gasteiger partial charge in [0.2, 0.25) is 0 Å². The molecular weight excluding hydrogens is 485 g/mol. The highest BCUT2D eigenvalue weighted by Gasteiger charge is 2.33. The van der Waals surface area contributed by atoms with Crippen LogP contribution in [0.4, 0.5) is 24.5 Å². The molecule has 0 unspecified atom stereocenters. The van der Waals surface area contributed by atoms with Crippen LogP contribution >= 0.6 is 11.3 Å². The number of nitrogens with zero attached hydrogens (tertiary/aromatic N) is 3. The molecule has 1 aliphatic rings. The predicted molar refractivity (Wildman–Crippen MR) is 126 cm³/mol. The number of hydrogen-bond donors (Lipinski definition) is 2. The number of carboxylic acid groups (broad SMARTS) is 1. The number of anilines is 1. The van der Waals surface area contributed by atoms with Crippen LogP contribution < -0.4 is 5.43 Å². The smallest absolute Gasteiger partial charge is 0.416 e. The minimum atomic E-state index is -4.71. The van der Waals surface area contributed by atoms with Gasteiger partial charge in [0.25, 0.3) is 5.69 Å². The summed E-state index contributed by atoms with van der Waals surface area (Å²) >= 11 is 1.47. The fraction of sp³-hybridized carbons (Fsp3) is 0.304. The zero-order valence-electron chi connectivity index (χ0n) is 18.8. The van der Waals surface area contributed by atoms with Gasteiger partial charge in [-0.25, -0.2) is 4.79 Å². The Morgan fingerprint density at radius 3 is 2.63 bits per heavy atom. The van der Waals surface area contributed by atoms with Gasteiger partial charge in [-0.15, -0.1) is 11.3 Å². The number of hydrazone groups is 1. The topological polar surface area (TPSA) is 110 Å². The first-order chi connectivity index (χ1) is 16.5. The number of aryl methyl sites for hydroxylation is 2. The van der Waals surface area contributed by atoms with Crippen molar-refractivity contribution < 1.29 is 28.0 Å². The second kappa shape index (κ2) is 9.17. The lowest BCUT2D eigenvalue weighted by atomic mass is 9.95. The van der Waals surface area contributed by atoms with Gasteiger partial charge in [0.05, 0.1) is 22.3 Å². The van der Waals surface area contributed by atoms with Gasteiger partial charge in [-0.05, 0) is 63.3 Å². The second-order valence-electron chi connectivity index (χ2n) is 8.21. The maximum Gasteiger partial charge on any atom is 0.416 e. The van der Waals surface area contributed by atoms with Gasteiger partial charge in [0.15, 0.2) is 0 Å². The maximum absolute atomic E-state index is 12.9. The Bertz CT molecular complexity index is 1360. The zero-order valence-corrected chi connectivity index (χ0v) is 19.6. The SMILES string of the molecule is Cc1cc(/C=N/Nc2ccc(C(F)(F)F)cc2[N+](=O)[O-])c(C)n1-c1sc2c(c1C(=O)O)CCCC2. The van der Waals surface area contributed by atoms with Crippen LogP contribution in [0.5, 0.6) is 0 Å². The molecule has 0 amide bonds. The summed E-state index contributed by atoms with van der Waals surface area (Å²) in [5.41, 5.74) is 3.72. The normalized spacial score (nSPS) is 13.7. The van der Waals surface area contributed by atoms with Gasteiger partial charge in [-0.2, -0.15) is 18.3 Å². The van der Waals surface area contributed by atoms with E-state index in [1.165, 1.54) is 17.6 Å². The maximum atomic E-state index is 12.9. The molecule has 2 heterocycles. The van der Waals surface area contributed by atoms with E-state index < -0.39 is 28.3 Å². The summed E-state index contributed by atoms with van der Waals surface area (Å²) in [5, 5.41) is 25.8. The molecule has 12 heteroatoms. The van der Waals surface area contributed by atoms with Crippen LogP contribution in [0.25, 0.3) is 5.00 Å². The Morgan fingerprint density at radius 1 is 1.26 bits per heavy atom. The summed E-state index contributed by atoms with van der Waals surface area (Å²) < 4.78 is 40.6. The van der Waals surface area contributed by atoms with Crippen molar-refractivity contribution in [2.75, 3.05) is 5.43 Å². The number of halogens is 3. The standard InChI is InChI=1S/C23H21F3N4O4S/c1-12-9-14(11-27-28-17-8-7-15(23(24,25)26)10-18(17)30(33)34)13(2)29(12)21-20(22(31)32)16-5-3-4-6-19(16)35-21/h7-11,28H,3-6H2,1-2H3,(H,31,32)/b27-11+. The number of carboxylic acids is 1. The van der Waals surface area contributed by atoms with Crippen molar-refractivity contribution in [2.45, 2.75) is 45.7 Å². The number of aromatic carboxylic acids is 1. The third-order valence-corrected chi connectivity index (χ3v) is 7.23. The molecule has 35 heavy (non-hydrogen) atoms. The van der Waals surface area contributed by atoms with Crippen molar-refractivity contribution in [1.29, 1.82) is 0 Å². The molecule has 184 valence electrons. The molecule has 0 aliphatic heterocycles. The van der Waals surface area contributed by atoms with Crippen LogP contribution in [0.3, 0.4) is 0 Å². The Kier molecular flexibility index (Phi) is 6.41. The quantitative estimate of drug-likeness (QED) is 0.238. The van der Waals surface area contributed by atoms with E-state index in [0.717, 1.165) is 59.6 Å². The van der Waals surface area contributed by atoms with Crippen LogP contribution in [0.1, 0.15) is 56.2 Å². The largest absolute Gasteiger partial charge is 0.478 e. The van der Waals surface area contributed by atoms with E-state index in [4.69, 9.17) is 0 Å². The van der Waals surface area contributed by atoms with Gasteiger partial charge < -0.3 is 9.67 Å². The molecule has 8 nitrogen and oxygen atoms in total. The molecule has 1 aliphatic carbocycles. The number of nitrogens with one attached hydrogen (secondary N) is 1. The first kappa shape index (κ1) is 24.5. The van der Waals surface area contributed by atoms with Crippen LogP contribution in [-0.2, 0) is 19.0 Å². The van der Waals surface area contributed by atoms with Gasteiger partial charge in [-0.3, -0.25) is 15.5 Å². The first-order valence-corrected chi connectivity index (χ1v) is 11.5. The number of aromatic nitrogens is 1. The molecule has 0 saturated heterocycles. The van der Waals surface area contributed by atoms with E-state index in [-0.39, 0.29) is 5.69 Å². The lowest BCUT2D eigenvalue weighted by Crippen LogP contribution is -2.09. The number of alkyl halides is 3. The minimum Gasteiger partial charge on any atom is -0.478 e. The third-order valence-electron chi connectivity index (χ3n) is 5.95. The Hall–Kier alpha value is -3.67. The lowest BCUT2D eigenvalue weighted by molar-refractivity contribution is -0.384. The molecule has 0 saturated carbocycles. The number of nitro benzene ring substituents is 1. The molecule has 2 N–H and O–H groups in total. The molecule has 0 atom stereocenters. The van der Waals surface area contributed by atoms with Crippen LogP contribution in [0.2, 0.25) is 0 Å². The van der Waals surface area contributed by atoms with E-state index in [1.54, 1.807) is 13.0 Å². The Labute approximate surface area is 201 Å². The van der Waals surface area contributed by atoms with Crippen LogP contribution in [0.15, 0.2) is 29.4 Å². The number of fused-ring (bicyclic) bond motifs is 1. The number of hydrogen-bond acceptors (Lipinski definition) is 6. The monoisotopic (exact) mass is 506 g/mol. The van der Waals surface area contributed by atoms with E-state index in [0.29, 0.717) is 22.2 Å². The molecular formula is C23H21F3N4O4S. The molecule has 2 aromatic heterocycles. The number of carbonyl (C=O) groups is 1. The minimum absolute atomic E-state index is 0.188. The van der Waals surface area contributed by atoms with Gasteiger partial charge in [0.1, 0.15) is 10.7 Å². The molecule has 4 rings (SSSR count). The van der Waals surface area contributed by atoms with Gasteiger partial charge in [-0.1, -0.05) is 0 Å². The van der Waals surface area contributed by atoms with E-state index in [9.17, 15) is 33.2 Å². The van der Waals surface area contributed by atoms with Crippen molar-refractivity contribution >= 4 is 34.9 Å². The van der Waals surface area contributed by atoms with Crippen molar-refractivity contribution in [3.8, 4) is 5.00 Å². The van der Waals surface area contributed by atoms with Crippen molar-refractivity contribution in [3.63, 3.8) is 0 Å². The summed E-state index contributed by atoms with van der Waals surface area (Å²) in [4.78, 5) is 23.5. The highest BCUT2D eigenvalue weighted by molar-refractivity contribution is 7.15. The molecule has 0 bridgehead atoms. The lowest BCUT2D eigenvalue weighted by Gasteiger charge is -2.11. The van der Waals surface area contributed by atoms with Crippen molar-refractivity contribution in [2.24, 2.45) is 5.10 Å². The highest BCUT2D eigenvalue weighted by Crippen LogP contribution is 2.39. The summed E-state index contributed by atoms with van der Waals surface area (Å²) in [6.07, 6.45) is 0.247.